The second kappa shape index (κ2) is 8.93. The van der Waals surface area contributed by atoms with E-state index in [1.165, 1.54) is 0 Å². The third kappa shape index (κ3) is 5.84. The smallest absolute Gasteiger partial charge is 0.345 e. The first-order valence-electron chi connectivity index (χ1n) is 9.18. The molecule has 8 heteroatoms. The predicted molar refractivity (Wildman–Crippen MR) is 94.7 cm³/mol. The van der Waals surface area contributed by atoms with Gasteiger partial charge in [-0.3, -0.25) is 0 Å². The van der Waals surface area contributed by atoms with Gasteiger partial charge in [-0.25, -0.2) is 8.78 Å². The molecule has 0 atom stereocenters. The maximum absolute atomic E-state index is 13.3. The molecular weight excluding hydrogens is 364 g/mol. The van der Waals surface area contributed by atoms with Gasteiger partial charge >= 0.3 is 6.61 Å². The van der Waals surface area contributed by atoms with Crippen molar-refractivity contribution < 1.29 is 27.0 Å². The second-order valence-electron chi connectivity index (χ2n) is 6.83. The average Bonchev–Trinajstić information content (AvgIpc) is 3.02. The molecule has 2 N–H and O–H groups in total. The van der Waals surface area contributed by atoms with Gasteiger partial charge in [-0.1, -0.05) is 0 Å². The van der Waals surface area contributed by atoms with Crippen LogP contribution < -0.4 is 10.1 Å². The van der Waals surface area contributed by atoms with Crippen LogP contribution in [0.4, 0.5) is 17.6 Å². The number of fused-ring (bicyclic) bond motifs is 1. The Labute approximate surface area is 155 Å². The topological polar surface area (TPSA) is 46.3 Å². The van der Waals surface area contributed by atoms with E-state index < -0.39 is 12.5 Å². The zero-order valence-electron chi connectivity index (χ0n) is 14.9. The number of ether oxygens (including phenoxy) is 2. The van der Waals surface area contributed by atoms with Crippen LogP contribution >= 0.6 is 0 Å². The molecule has 1 aromatic heterocycles. The van der Waals surface area contributed by atoms with E-state index in [-0.39, 0.29) is 25.6 Å². The quantitative estimate of drug-likeness (QED) is 0.491. The number of benzene rings is 1. The summed E-state index contributed by atoms with van der Waals surface area (Å²) in [6, 6.07) is 5.68. The molecule has 0 unspecified atom stereocenters. The highest BCUT2D eigenvalue weighted by Crippen LogP contribution is 2.35. The number of hydrogen-bond donors (Lipinski definition) is 2. The van der Waals surface area contributed by atoms with E-state index in [4.69, 9.17) is 4.74 Å². The summed E-state index contributed by atoms with van der Waals surface area (Å²) in [5.41, 5.74) is 2.04. The van der Waals surface area contributed by atoms with Crippen LogP contribution in [0.3, 0.4) is 0 Å². The molecule has 150 valence electrons. The first-order chi connectivity index (χ1) is 12.9. The standard InChI is InChI=1S/C19H24F4N2O2/c20-18(21)26-10-9-24-8-5-13-12-25-17-2-1-15(11-16(13)17)27-14-3-6-19(22,23)7-4-14/h1-2,11-12,14,18,24-25H,3-10H2. The Kier molecular flexibility index (Phi) is 6.59. The number of rotatable bonds is 9. The molecule has 0 bridgehead atoms. The molecule has 1 fully saturated rings. The van der Waals surface area contributed by atoms with E-state index >= 15 is 0 Å². The van der Waals surface area contributed by atoms with Gasteiger partial charge in [0.15, 0.2) is 0 Å². The summed E-state index contributed by atoms with van der Waals surface area (Å²) < 4.78 is 60.4. The average molecular weight is 388 g/mol. The summed E-state index contributed by atoms with van der Waals surface area (Å²) in [6.45, 7) is -1.80. The highest BCUT2D eigenvalue weighted by atomic mass is 19.3. The van der Waals surface area contributed by atoms with Crippen LogP contribution in [0.25, 0.3) is 10.9 Å². The summed E-state index contributed by atoms with van der Waals surface area (Å²) in [6.07, 6.45) is 2.90. The van der Waals surface area contributed by atoms with E-state index in [1.54, 1.807) is 0 Å². The maximum atomic E-state index is 13.3. The monoisotopic (exact) mass is 388 g/mol. The molecule has 1 aliphatic carbocycles. The lowest BCUT2D eigenvalue weighted by atomic mass is 9.94. The lowest BCUT2D eigenvalue weighted by Crippen LogP contribution is -2.30. The van der Waals surface area contributed by atoms with Crippen LogP contribution in [0.1, 0.15) is 31.2 Å². The summed E-state index contributed by atoms with van der Waals surface area (Å²) in [4.78, 5) is 3.19. The van der Waals surface area contributed by atoms with Crippen molar-refractivity contribution in [3.8, 4) is 5.75 Å². The molecule has 0 aliphatic heterocycles. The molecule has 1 aromatic carbocycles. The first kappa shape index (κ1) is 19.9. The van der Waals surface area contributed by atoms with Gasteiger partial charge in [0.05, 0.1) is 12.7 Å². The molecule has 1 saturated carbocycles. The van der Waals surface area contributed by atoms with Crippen LogP contribution in [0.5, 0.6) is 5.75 Å². The minimum atomic E-state index is -2.74. The van der Waals surface area contributed by atoms with Crippen LogP contribution in [-0.4, -0.2) is 43.3 Å². The third-order valence-corrected chi connectivity index (χ3v) is 4.80. The molecule has 4 nitrogen and oxygen atoms in total. The van der Waals surface area contributed by atoms with Gasteiger partial charge < -0.3 is 19.8 Å². The lowest BCUT2D eigenvalue weighted by Gasteiger charge is -2.28. The number of alkyl halides is 4. The number of aromatic nitrogens is 1. The fourth-order valence-corrected chi connectivity index (χ4v) is 3.33. The molecule has 0 saturated heterocycles. The SMILES string of the molecule is FC(F)OCCNCCc1c[nH]c2ccc(OC3CCC(F)(F)CC3)cc12. The summed E-state index contributed by atoms with van der Waals surface area (Å²) in [5.74, 6) is -1.89. The van der Waals surface area contributed by atoms with Crippen molar-refractivity contribution in [1.29, 1.82) is 0 Å². The number of halogens is 4. The Morgan fingerprint density at radius 2 is 1.96 bits per heavy atom. The zero-order chi connectivity index (χ0) is 19.3. The number of nitrogens with one attached hydrogen (secondary N) is 2. The summed E-state index contributed by atoms with van der Waals surface area (Å²) in [7, 11) is 0. The van der Waals surface area contributed by atoms with E-state index in [2.05, 4.69) is 15.0 Å². The van der Waals surface area contributed by atoms with Crippen LogP contribution in [0.2, 0.25) is 0 Å². The second-order valence-corrected chi connectivity index (χ2v) is 6.83. The molecule has 1 heterocycles. The zero-order valence-corrected chi connectivity index (χ0v) is 14.9. The minimum Gasteiger partial charge on any atom is -0.490 e. The van der Waals surface area contributed by atoms with Gasteiger partial charge in [-0.2, -0.15) is 8.78 Å². The maximum Gasteiger partial charge on any atom is 0.345 e. The van der Waals surface area contributed by atoms with Gasteiger partial charge in [0.25, 0.3) is 0 Å². The van der Waals surface area contributed by atoms with Crippen molar-refractivity contribution in [3.05, 3.63) is 30.0 Å². The highest BCUT2D eigenvalue weighted by Gasteiger charge is 2.35. The molecule has 1 aliphatic rings. The molecule has 0 spiro atoms. The number of hydrogen-bond acceptors (Lipinski definition) is 3. The van der Waals surface area contributed by atoms with E-state index in [0.717, 1.165) is 16.5 Å². The van der Waals surface area contributed by atoms with Crippen molar-refractivity contribution >= 4 is 10.9 Å². The van der Waals surface area contributed by atoms with Crippen molar-refractivity contribution in [2.24, 2.45) is 0 Å². The minimum absolute atomic E-state index is 0.0377. The Balaban J connectivity index is 1.53. The Morgan fingerprint density at radius 3 is 2.70 bits per heavy atom. The van der Waals surface area contributed by atoms with Crippen LogP contribution in [0.15, 0.2) is 24.4 Å². The van der Waals surface area contributed by atoms with Gasteiger partial charge in [-0.05, 0) is 49.6 Å². The number of H-pyrrole nitrogens is 1. The molecule has 0 radical (unpaired) electrons. The van der Waals surface area contributed by atoms with Crippen molar-refractivity contribution in [2.45, 2.75) is 50.7 Å². The molecule has 3 rings (SSSR count). The Bertz CT molecular complexity index is 726. The molecular formula is C19H24F4N2O2. The van der Waals surface area contributed by atoms with E-state index in [1.807, 2.05) is 24.4 Å². The predicted octanol–water partition coefficient (Wildman–Crippen LogP) is 4.50. The summed E-state index contributed by atoms with van der Waals surface area (Å²) in [5, 5.41) is 4.07. The molecule has 0 amide bonds. The van der Waals surface area contributed by atoms with Crippen molar-refractivity contribution in [3.63, 3.8) is 0 Å². The van der Waals surface area contributed by atoms with Gasteiger partial charge in [-0.15, -0.1) is 0 Å². The fourth-order valence-electron chi connectivity index (χ4n) is 3.33. The van der Waals surface area contributed by atoms with Crippen LogP contribution in [0, 0.1) is 0 Å². The van der Waals surface area contributed by atoms with Gasteiger partial charge in [0.2, 0.25) is 5.92 Å². The van der Waals surface area contributed by atoms with Crippen LogP contribution in [-0.2, 0) is 11.2 Å². The van der Waals surface area contributed by atoms with E-state index in [0.29, 0.717) is 38.1 Å². The highest BCUT2D eigenvalue weighted by molar-refractivity contribution is 5.84. The van der Waals surface area contributed by atoms with Crippen molar-refractivity contribution in [1.82, 2.24) is 10.3 Å². The molecule has 27 heavy (non-hydrogen) atoms. The van der Waals surface area contributed by atoms with Crippen molar-refractivity contribution in [2.75, 3.05) is 19.7 Å². The third-order valence-electron chi connectivity index (χ3n) is 4.80. The summed E-state index contributed by atoms with van der Waals surface area (Å²) >= 11 is 0. The van der Waals surface area contributed by atoms with E-state index in [9.17, 15) is 17.6 Å². The van der Waals surface area contributed by atoms with Gasteiger partial charge in [0.1, 0.15) is 5.75 Å². The normalized spacial score (nSPS) is 17.7. The Hall–Kier alpha value is -1.80. The number of aromatic amines is 1. The lowest BCUT2D eigenvalue weighted by molar-refractivity contribution is -0.127. The Morgan fingerprint density at radius 1 is 1.19 bits per heavy atom. The first-order valence-corrected chi connectivity index (χ1v) is 9.18. The fraction of sp³-hybridized carbons (Fsp3) is 0.579. The largest absolute Gasteiger partial charge is 0.490 e. The van der Waals surface area contributed by atoms with Gasteiger partial charge in [0, 0.05) is 36.5 Å². The molecule has 2 aromatic rings.